The van der Waals surface area contributed by atoms with E-state index < -0.39 is 0 Å². The molecule has 1 saturated heterocycles. The maximum absolute atomic E-state index is 12.9. The molecule has 3 N–H and O–H groups in total. The van der Waals surface area contributed by atoms with Crippen molar-refractivity contribution in [2.45, 2.75) is 52.1 Å². The molecule has 35 heavy (non-hydrogen) atoms. The topological polar surface area (TPSA) is 89.8 Å². The Bertz CT molecular complexity index is 1190. The average Bonchev–Trinajstić information content (AvgIpc) is 3.26. The van der Waals surface area contributed by atoms with Crippen LogP contribution < -0.4 is 15.5 Å². The number of carbonyl (C=O) groups excluding carboxylic acids is 1. The minimum absolute atomic E-state index is 0.106. The summed E-state index contributed by atoms with van der Waals surface area (Å²) in [4.78, 5) is 24.3. The Morgan fingerprint density at radius 1 is 1.11 bits per heavy atom. The van der Waals surface area contributed by atoms with Crippen LogP contribution in [-0.4, -0.2) is 41.2 Å². The molecule has 1 aliphatic heterocycles. The first-order valence-corrected chi connectivity index (χ1v) is 12.8. The number of aliphatic hydroxyl groups excluding tert-OH is 1. The number of aromatic nitrogens is 1. The minimum Gasteiger partial charge on any atom is -0.393 e. The number of rotatable bonds is 4. The molecule has 1 aliphatic rings. The molecule has 0 spiro atoms. The second-order valence-corrected chi connectivity index (χ2v) is 10.9. The molecule has 8 heteroatoms. The van der Waals surface area contributed by atoms with E-state index in [1.165, 1.54) is 11.3 Å². The molecular weight excluding hydrogens is 458 g/mol. The summed E-state index contributed by atoms with van der Waals surface area (Å²) in [7, 11) is 0. The van der Waals surface area contributed by atoms with Gasteiger partial charge < -0.3 is 15.3 Å². The molecular formula is C27H33N5O2S. The average molecular weight is 492 g/mol. The van der Waals surface area contributed by atoms with Crippen LogP contribution in [-0.2, 0) is 5.41 Å². The highest BCUT2D eigenvalue weighted by Crippen LogP contribution is 2.31. The van der Waals surface area contributed by atoms with Gasteiger partial charge in [0, 0.05) is 29.8 Å². The fourth-order valence-electron chi connectivity index (χ4n) is 4.07. The van der Waals surface area contributed by atoms with Crippen molar-refractivity contribution in [3.63, 3.8) is 0 Å². The zero-order chi connectivity index (χ0) is 25.0. The van der Waals surface area contributed by atoms with E-state index in [9.17, 15) is 9.90 Å². The maximum Gasteiger partial charge on any atom is 0.277 e. The summed E-state index contributed by atoms with van der Waals surface area (Å²) in [6.07, 6.45) is 1.37. The summed E-state index contributed by atoms with van der Waals surface area (Å²) >= 11 is 1.44. The van der Waals surface area contributed by atoms with E-state index in [2.05, 4.69) is 47.4 Å². The van der Waals surface area contributed by atoms with Crippen molar-refractivity contribution in [2.75, 3.05) is 23.3 Å². The number of piperidine rings is 1. The summed E-state index contributed by atoms with van der Waals surface area (Å²) in [5.74, 6) is 0.0310. The molecule has 0 saturated carbocycles. The summed E-state index contributed by atoms with van der Waals surface area (Å²) in [6, 6.07) is 16.0. The lowest BCUT2D eigenvalue weighted by Gasteiger charge is -2.31. The number of nitrogens with one attached hydrogen (secondary N) is 2. The molecule has 0 atom stereocenters. The number of hydrogen-bond acceptors (Lipinski definition) is 6. The molecule has 1 aromatic heterocycles. The van der Waals surface area contributed by atoms with Gasteiger partial charge in [-0.25, -0.2) is 9.98 Å². The van der Waals surface area contributed by atoms with Crippen LogP contribution in [0.4, 0.5) is 17.1 Å². The number of aliphatic imine (C=N–C) groups is 1. The molecule has 2 heterocycles. The van der Waals surface area contributed by atoms with Gasteiger partial charge in [-0.05, 0) is 61.1 Å². The van der Waals surface area contributed by atoms with Crippen LogP contribution in [0.25, 0.3) is 0 Å². The van der Waals surface area contributed by atoms with Gasteiger partial charge in [0.05, 0.1) is 16.8 Å². The van der Waals surface area contributed by atoms with Crippen LogP contribution in [0.2, 0.25) is 0 Å². The fourth-order valence-corrected chi connectivity index (χ4v) is 4.66. The Morgan fingerprint density at radius 2 is 1.80 bits per heavy atom. The number of aryl methyl sites for hydroxylation is 1. The third-order valence-corrected chi connectivity index (χ3v) is 6.76. The largest absolute Gasteiger partial charge is 0.393 e. The zero-order valence-corrected chi connectivity index (χ0v) is 21.5. The number of carbonyl (C=O) groups is 1. The number of benzene rings is 2. The van der Waals surface area contributed by atoms with Gasteiger partial charge in [-0.2, -0.15) is 0 Å². The minimum atomic E-state index is -0.308. The Kier molecular flexibility index (Phi) is 7.52. The lowest BCUT2D eigenvalue weighted by molar-refractivity contribution is 0.0972. The van der Waals surface area contributed by atoms with E-state index in [0.717, 1.165) is 53.6 Å². The summed E-state index contributed by atoms with van der Waals surface area (Å²) in [6.45, 7) is 9.98. The van der Waals surface area contributed by atoms with Crippen LogP contribution in [0.3, 0.4) is 0 Å². The predicted molar refractivity (Wildman–Crippen MR) is 144 cm³/mol. The number of nitrogens with zero attached hydrogens (tertiary/aromatic N) is 3. The quantitative estimate of drug-likeness (QED) is 0.343. The van der Waals surface area contributed by atoms with E-state index in [-0.39, 0.29) is 17.4 Å². The molecule has 7 nitrogen and oxygen atoms in total. The van der Waals surface area contributed by atoms with Crippen LogP contribution in [0, 0.1) is 6.92 Å². The lowest BCUT2D eigenvalue weighted by atomic mass is 9.86. The number of guanidine groups is 1. The van der Waals surface area contributed by atoms with Gasteiger partial charge in [-0.15, -0.1) is 11.3 Å². The van der Waals surface area contributed by atoms with Gasteiger partial charge in [0.25, 0.3) is 5.91 Å². The molecule has 0 aliphatic carbocycles. The Hall–Kier alpha value is -3.23. The molecule has 1 fully saturated rings. The first-order chi connectivity index (χ1) is 16.7. The standard InChI is InChI=1S/C27H33N5O2S/c1-18-28-24(17-35-18)25(34)31-26(30-23-8-6-5-7-22(23)27(2,3)4)29-19-9-11-20(12-10-19)32-15-13-21(33)14-16-32/h5-12,17,21,33H,13-16H2,1-4H3,(H2,29,30,31,34). The van der Waals surface area contributed by atoms with Crippen molar-refractivity contribution in [2.24, 2.45) is 4.99 Å². The van der Waals surface area contributed by atoms with Gasteiger partial charge in [-0.3, -0.25) is 10.1 Å². The highest BCUT2D eigenvalue weighted by molar-refractivity contribution is 7.09. The Labute approximate surface area is 210 Å². The van der Waals surface area contributed by atoms with Crippen molar-refractivity contribution in [1.82, 2.24) is 10.3 Å². The third kappa shape index (κ3) is 6.46. The first kappa shape index (κ1) is 24.9. The number of anilines is 2. The smallest absolute Gasteiger partial charge is 0.277 e. The molecule has 4 rings (SSSR count). The van der Waals surface area contributed by atoms with Crippen LogP contribution in [0.1, 0.15) is 54.7 Å². The molecule has 184 valence electrons. The summed E-state index contributed by atoms with van der Waals surface area (Å²) in [5.41, 5.74) is 4.06. The second kappa shape index (κ2) is 10.6. The van der Waals surface area contributed by atoms with Crippen LogP contribution >= 0.6 is 11.3 Å². The van der Waals surface area contributed by atoms with E-state index in [1.54, 1.807) is 5.38 Å². The van der Waals surface area contributed by atoms with Crippen LogP contribution in [0.15, 0.2) is 58.9 Å². The van der Waals surface area contributed by atoms with Gasteiger partial charge in [-0.1, -0.05) is 39.0 Å². The summed E-state index contributed by atoms with van der Waals surface area (Å²) in [5, 5.41) is 18.6. The zero-order valence-electron chi connectivity index (χ0n) is 20.7. The third-order valence-electron chi connectivity index (χ3n) is 5.99. The molecule has 0 unspecified atom stereocenters. The number of amides is 1. The molecule has 0 bridgehead atoms. The molecule has 0 radical (unpaired) electrons. The predicted octanol–water partition coefficient (Wildman–Crippen LogP) is 5.24. The normalized spacial score (nSPS) is 15.2. The molecule has 3 aromatic rings. The van der Waals surface area contributed by atoms with Crippen molar-refractivity contribution in [3.8, 4) is 0 Å². The van der Waals surface area contributed by atoms with Crippen LogP contribution in [0.5, 0.6) is 0 Å². The van der Waals surface area contributed by atoms with Crippen molar-refractivity contribution in [1.29, 1.82) is 0 Å². The lowest BCUT2D eigenvalue weighted by Crippen LogP contribution is -2.36. The number of hydrogen-bond donors (Lipinski definition) is 3. The van der Waals surface area contributed by atoms with E-state index >= 15 is 0 Å². The van der Waals surface area contributed by atoms with Crippen molar-refractivity contribution >= 4 is 40.3 Å². The van der Waals surface area contributed by atoms with E-state index in [4.69, 9.17) is 4.99 Å². The summed E-state index contributed by atoms with van der Waals surface area (Å²) < 4.78 is 0. The van der Waals surface area contributed by atoms with Crippen molar-refractivity contribution < 1.29 is 9.90 Å². The monoisotopic (exact) mass is 491 g/mol. The van der Waals surface area contributed by atoms with Gasteiger partial charge in [0.15, 0.2) is 0 Å². The highest BCUT2D eigenvalue weighted by Gasteiger charge is 2.20. The first-order valence-electron chi connectivity index (χ1n) is 11.9. The fraction of sp³-hybridized carbons (Fsp3) is 0.370. The Morgan fingerprint density at radius 3 is 2.43 bits per heavy atom. The second-order valence-electron chi connectivity index (χ2n) is 9.82. The Balaban J connectivity index is 1.60. The van der Waals surface area contributed by atoms with Gasteiger partial charge in [0.2, 0.25) is 5.96 Å². The van der Waals surface area contributed by atoms with Gasteiger partial charge >= 0.3 is 0 Å². The van der Waals surface area contributed by atoms with Gasteiger partial charge in [0.1, 0.15) is 5.69 Å². The number of para-hydroxylation sites is 1. The molecule has 1 amide bonds. The highest BCUT2D eigenvalue weighted by atomic mass is 32.1. The van der Waals surface area contributed by atoms with E-state index in [0.29, 0.717) is 11.7 Å². The van der Waals surface area contributed by atoms with Crippen molar-refractivity contribution in [3.05, 3.63) is 70.2 Å². The SMILES string of the molecule is Cc1nc(C(=O)NC(=Nc2ccccc2C(C)(C)C)Nc2ccc(N3CCC(O)CC3)cc2)cs1. The van der Waals surface area contributed by atoms with E-state index in [1.807, 2.05) is 49.4 Å². The maximum atomic E-state index is 12.9. The molecule has 2 aromatic carbocycles. The number of aliphatic hydroxyl groups is 1. The number of thiazole rings is 1.